The lowest BCUT2D eigenvalue weighted by Crippen LogP contribution is -2.07. The molecule has 7 heteroatoms. The summed E-state index contributed by atoms with van der Waals surface area (Å²) in [6.07, 6.45) is -4.50. The minimum Gasteiger partial charge on any atom is -0.497 e. The van der Waals surface area contributed by atoms with Crippen molar-refractivity contribution in [3.8, 4) is 5.75 Å². The number of ether oxygens (including phenoxy) is 1. The molecule has 0 spiro atoms. The Balaban J connectivity index is 2.34. The van der Waals surface area contributed by atoms with Gasteiger partial charge in [0.2, 0.25) is 0 Å². The van der Waals surface area contributed by atoms with E-state index in [9.17, 15) is 18.0 Å². The molecule has 0 aliphatic carbocycles. The van der Waals surface area contributed by atoms with Crippen molar-refractivity contribution in [1.29, 1.82) is 0 Å². The minimum atomic E-state index is -4.50. The van der Waals surface area contributed by atoms with Crippen LogP contribution in [0.4, 0.5) is 13.2 Å². The summed E-state index contributed by atoms with van der Waals surface area (Å²) in [5, 5.41) is 8.80. The Kier molecular flexibility index (Phi) is 4.65. The van der Waals surface area contributed by atoms with Crippen LogP contribution in [0.15, 0.2) is 52.3 Å². The Labute approximate surface area is 128 Å². The van der Waals surface area contributed by atoms with Crippen LogP contribution in [0.5, 0.6) is 5.75 Å². The van der Waals surface area contributed by atoms with Gasteiger partial charge in [0, 0.05) is 9.79 Å². The Morgan fingerprint density at radius 2 is 1.77 bits per heavy atom. The van der Waals surface area contributed by atoms with Crippen LogP contribution in [0.1, 0.15) is 15.9 Å². The quantitative estimate of drug-likeness (QED) is 0.893. The summed E-state index contributed by atoms with van der Waals surface area (Å²) in [5.74, 6) is -0.963. The van der Waals surface area contributed by atoms with Crippen LogP contribution in [0.2, 0.25) is 0 Å². The van der Waals surface area contributed by atoms with Crippen molar-refractivity contribution in [2.24, 2.45) is 0 Å². The zero-order valence-electron chi connectivity index (χ0n) is 11.3. The standard InChI is InChI=1S/C15H11F3O3S/c1-21-10-4-7-13(12(8-10)15(16,17)18)22-11-5-2-9(3-6-11)14(19)20/h2-8H,1H3,(H,19,20). The maximum absolute atomic E-state index is 13.1. The second-order valence-corrected chi connectivity index (χ2v) is 5.41. The second-order valence-electron chi connectivity index (χ2n) is 4.29. The lowest BCUT2D eigenvalue weighted by Gasteiger charge is -2.14. The van der Waals surface area contributed by atoms with Crippen LogP contribution in [-0.2, 0) is 6.18 Å². The van der Waals surface area contributed by atoms with Crippen LogP contribution in [-0.4, -0.2) is 18.2 Å². The van der Waals surface area contributed by atoms with Crippen molar-refractivity contribution < 1.29 is 27.8 Å². The van der Waals surface area contributed by atoms with Gasteiger partial charge >= 0.3 is 12.1 Å². The van der Waals surface area contributed by atoms with Gasteiger partial charge < -0.3 is 9.84 Å². The van der Waals surface area contributed by atoms with Crippen molar-refractivity contribution >= 4 is 17.7 Å². The van der Waals surface area contributed by atoms with Crippen molar-refractivity contribution in [2.45, 2.75) is 16.0 Å². The second kappa shape index (κ2) is 6.31. The average Bonchev–Trinajstić information content (AvgIpc) is 2.47. The summed E-state index contributed by atoms with van der Waals surface area (Å²) in [4.78, 5) is 11.3. The molecule has 22 heavy (non-hydrogen) atoms. The first-order valence-electron chi connectivity index (χ1n) is 6.07. The Bertz CT molecular complexity index is 681. The first-order chi connectivity index (χ1) is 10.3. The molecule has 0 radical (unpaired) electrons. The summed E-state index contributed by atoms with van der Waals surface area (Å²) in [6.45, 7) is 0. The van der Waals surface area contributed by atoms with Crippen molar-refractivity contribution in [2.75, 3.05) is 7.11 Å². The summed E-state index contributed by atoms with van der Waals surface area (Å²) in [7, 11) is 1.30. The fraction of sp³-hybridized carbons (Fsp3) is 0.133. The molecule has 0 fully saturated rings. The number of aromatic carboxylic acids is 1. The highest BCUT2D eigenvalue weighted by molar-refractivity contribution is 7.99. The number of carboxylic acids is 1. The van der Waals surface area contributed by atoms with E-state index in [0.29, 0.717) is 4.90 Å². The number of hydrogen-bond donors (Lipinski definition) is 1. The van der Waals surface area contributed by atoms with Crippen LogP contribution in [0.3, 0.4) is 0 Å². The number of rotatable bonds is 4. The normalized spacial score (nSPS) is 11.3. The van der Waals surface area contributed by atoms with Crippen LogP contribution in [0.25, 0.3) is 0 Å². The molecule has 0 saturated carbocycles. The van der Waals surface area contributed by atoms with Gasteiger partial charge in [-0.2, -0.15) is 13.2 Å². The maximum Gasteiger partial charge on any atom is 0.417 e. The van der Waals surface area contributed by atoms with Gasteiger partial charge in [-0.1, -0.05) is 11.8 Å². The number of hydrogen-bond acceptors (Lipinski definition) is 3. The molecule has 0 amide bonds. The summed E-state index contributed by atoms with van der Waals surface area (Å²) < 4.78 is 44.1. The molecule has 0 saturated heterocycles. The van der Waals surface area contributed by atoms with E-state index < -0.39 is 17.7 Å². The highest BCUT2D eigenvalue weighted by atomic mass is 32.2. The highest BCUT2D eigenvalue weighted by Crippen LogP contribution is 2.41. The van der Waals surface area contributed by atoms with Crippen molar-refractivity contribution in [1.82, 2.24) is 0 Å². The summed E-state index contributed by atoms with van der Waals surface area (Å²) in [6, 6.07) is 9.36. The van der Waals surface area contributed by atoms with Crippen LogP contribution < -0.4 is 4.74 Å². The van der Waals surface area contributed by atoms with E-state index in [1.54, 1.807) is 0 Å². The first-order valence-corrected chi connectivity index (χ1v) is 6.89. The number of benzene rings is 2. The minimum absolute atomic E-state index is 0.0244. The van der Waals surface area contributed by atoms with Crippen molar-refractivity contribution in [3.63, 3.8) is 0 Å². The van der Waals surface area contributed by atoms with Gasteiger partial charge in [-0.15, -0.1) is 0 Å². The third kappa shape index (κ3) is 3.73. The molecule has 0 aliphatic rings. The van der Waals surface area contributed by atoms with Gasteiger partial charge in [0.25, 0.3) is 0 Å². The number of carbonyl (C=O) groups is 1. The third-order valence-electron chi connectivity index (χ3n) is 2.82. The van der Waals surface area contributed by atoms with Gasteiger partial charge in [0.1, 0.15) is 5.75 Å². The Morgan fingerprint density at radius 1 is 1.14 bits per heavy atom. The molecule has 0 atom stereocenters. The Hall–Kier alpha value is -2.15. The molecule has 0 bridgehead atoms. The molecule has 0 unspecified atom stereocenters. The molecule has 2 aromatic carbocycles. The van der Waals surface area contributed by atoms with E-state index in [1.165, 1.54) is 43.5 Å². The first kappa shape index (κ1) is 16.2. The molecule has 2 rings (SSSR count). The molecular weight excluding hydrogens is 317 g/mol. The van der Waals surface area contributed by atoms with Crippen LogP contribution in [0, 0.1) is 0 Å². The van der Waals surface area contributed by atoms with E-state index in [1.807, 2.05) is 0 Å². The van der Waals surface area contributed by atoms with Gasteiger partial charge in [-0.25, -0.2) is 4.79 Å². The SMILES string of the molecule is COc1ccc(Sc2ccc(C(=O)O)cc2)c(C(F)(F)F)c1. The largest absolute Gasteiger partial charge is 0.497 e. The number of methoxy groups -OCH3 is 1. The summed E-state index contributed by atoms with van der Waals surface area (Å²) in [5.41, 5.74) is -0.714. The van der Waals surface area contributed by atoms with E-state index in [4.69, 9.17) is 9.84 Å². The van der Waals surface area contributed by atoms with Gasteiger partial charge in [-0.3, -0.25) is 0 Å². The number of carboxylic acid groups (broad SMARTS) is 1. The lowest BCUT2D eigenvalue weighted by atomic mass is 10.2. The van der Waals surface area contributed by atoms with Crippen molar-refractivity contribution in [3.05, 3.63) is 53.6 Å². The smallest absolute Gasteiger partial charge is 0.417 e. The molecule has 1 N–H and O–H groups in total. The molecule has 0 heterocycles. The number of halogens is 3. The molecule has 3 nitrogen and oxygen atoms in total. The van der Waals surface area contributed by atoms with Crippen LogP contribution >= 0.6 is 11.8 Å². The van der Waals surface area contributed by atoms with Gasteiger partial charge in [0.15, 0.2) is 0 Å². The van der Waals surface area contributed by atoms with E-state index in [2.05, 4.69) is 0 Å². The van der Waals surface area contributed by atoms with E-state index in [-0.39, 0.29) is 16.2 Å². The summed E-state index contributed by atoms with van der Waals surface area (Å²) >= 11 is 0.912. The number of alkyl halides is 3. The third-order valence-corrected chi connectivity index (χ3v) is 3.90. The average molecular weight is 328 g/mol. The molecular formula is C15H11F3O3S. The molecule has 2 aromatic rings. The Morgan fingerprint density at radius 3 is 2.27 bits per heavy atom. The van der Waals surface area contributed by atoms with Gasteiger partial charge in [0.05, 0.1) is 18.2 Å². The molecule has 0 aliphatic heterocycles. The van der Waals surface area contributed by atoms with Gasteiger partial charge in [-0.05, 0) is 42.5 Å². The monoisotopic (exact) mass is 328 g/mol. The lowest BCUT2D eigenvalue weighted by molar-refractivity contribution is -0.139. The van der Waals surface area contributed by atoms with E-state index in [0.717, 1.165) is 17.8 Å². The van der Waals surface area contributed by atoms with E-state index >= 15 is 0 Å². The molecule has 0 aromatic heterocycles. The zero-order chi connectivity index (χ0) is 16.3. The zero-order valence-corrected chi connectivity index (χ0v) is 12.2. The fourth-order valence-corrected chi connectivity index (χ4v) is 2.69. The predicted octanol–water partition coefficient (Wildman–Crippen LogP) is 4.56. The predicted molar refractivity (Wildman–Crippen MR) is 75.5 cm³/mol. The fourth-order valence-electron chi connectivity index (χ4n) is 1.74. The molecule has 116 valence electrons. The maximum atomic E-state index is 13.1. The highest BCUT2D eigenvalue weighted by Gasteiger charge is 2.34. The topological polar surface area (TPSA) is 46.5 Å².